The highest BCUT2D eigenvalue weighted by atomic mass is 79.9. The van der Waals surface area contributed by atoms with E-state index in [0.29, 0.717) is 0 Å². The van der Waals surface area contributed by atoms with E-state index in [-0.39, 0.29) is 5.91 Å². The van der Waals surface area contributed by atoms with Gasteiger partial charge in [-0.2, -0.15) is 0 Å². The Morgan fingerprint density at radius 3 is 3.09 bits per heavy atom. The summed E-state index contributed by atoms with van der Waals surface area (Å²) in [4.78, 5) is 10.9. The Hall–Kier alpha value is -0.0500. The lowest BCUT2D eigenvalue weighted by molar-refractivity contribution is -0.120. The number of hydrogen-bond donors (Lipinski definition) is 1. The maximum absolute atomic E-state index is 10.9. The summed E-state index contributed by atoms with van der Waals surface area (Å²) in [7, 11) is 0. The predicted octanol–water partition coefficient (Wildman–Crippen LogP) is 1.69. The maximum atomic E-state index is 10.9. The van der Waals surface area contributed by atoms with Crippen LogP contribution in [0.15, 0.2) is 0 Å². The zero-order valence-electron chi connectivity index (χ0n) is 6.61. The minimum Gasteiger partial charge on any atom is -0.356 e. The fraction of sp³-hybridized carbons (Fsp3) is 0.875. The van der Waals surface area contributed by atoms with Crippen molar-refractivity contribution in [3.05, 3.63) is 0 Å². The third-order valence-corrected chi connectivity index (χ3v) is 2.63. The van der Waals surface area contributed by atoms with E-state index in [1.54, 1.807) is 0 Å². The van der Waals surface area contributed by atoms with Crippen LogP contribution in [0.4, 0.5) is 0 Å². The summed E-state index contributed by atoms with van der Waals surface area (Å²) in [5.41, 5.74) is 0. The van der Waals surface area contributed by atoms with E-state index in [2.05, 4.69) is 21.2 Å². The average Bonchev–Trinajstić information content (AvgIpc) is 2.17. The van der Waals surface area contributed by atoms with Crippen molar-refractivity contribution >= 4 is 21.8 Å². The van der Waals surface area contributed by atoms with E-state index in [1.807, 2.05) is 0 Å². The van der Waals surface area contributed by atoms with Crippen LogP contribution in [-0.4, -0.2) is 17.8 Å². The van der Waals surface area contributed by atoms with Crippen LogP contribution in [0.2, 0.25) is 0 Å². The van der Waals surface area contributed by atoms with Gasteiger partial charge in [-0.15, -0.1) is 0 Å². The normalized spacial score (nSPS) is 25.9. The molecule has 64 valence electrons. The molecule has 1 saturated heterocycles. The fourth-order valence-corrected chi connectivity index (χ4v) is 2.07. The number of rotatable bonds is 2. The molecule has 11 heavy (non-hydrogen) atoms. The third-order valence-electron chi connectivity index (χ3n) is 2.17. The van der Waals surface area contributed by atoms with Gasteiger partial charge in [0.15, 0.2) is 0 Å². The SMILES string of the molecule is O=C1CC[C@H](CCBr)CCN1. The largest absolute Gasteiger partial charge is 0.356 e. The predicted molar refractivity (Wildman–Crippen MR) is 48.8 cm³/mol. The molecule has 1 amide bonds. The molecule has 1 heterocycles. The minimum absolute atomic E-state index is 0.224. The Kier molecular flexibility index (Phi) is 3.91. The molecule has 2 nitrogen and oxygen atoms in total. The standard InChI is InChI=1S/C8H14BrNO/c9-5-3-7-1-2-8(11)10-6-4-7/h7H,1-6H2,(H,10,11)/t7-/m1/s1. The van der Waals surface area contributed by atoms with Gasteiger partial charge in [0.1, 0.15) is 0 Å². The van der Waals surface area contributed by atoms with Crippen LogP contribution in [0.25, 0.3) is 0 Å². The van der Waals surface area contributed by atoms with Crippen LogP contribution >= 0.6 is 15.9 Å². The van der Waals surface area contributed by atoms with Crippen molar-refractivity contribution in [3.8, 4) is 0 Å². The first-order chi connectivity index (χ1) is 5.33. The van der Waals surface area contributed by atoms with Crippen molar-refractivity contribution in [3.63, 3.8) is 0 Å². The van der Waals surface area contributed by atoms with E-state index in [0.717, 1.165) is 37.1 Å². The Balaban J connectivity index is 2.28. The molecule has 3 heteroatoms. The summed E-state index contributed by atoms with van der Waals surface area (Å²) in [5.74, 6) is 0.968. The zero-order chi connectivity index (χ0) is 8.10. The summed E-state index contributed by atoms with van der Waals surface area (Å²) in [6.45, 7) is 0.872. The highest BCUT2D eigenvalue weighted by Gasteiger charge is 2.14. The average molecular weight is 220 g/mol. The van der Waals surface area contributed by atoms with Gasteiger partial charge in [0, 0.05) is 18.3 Å². The van der Waals surface area contributed by atoms with Crippen LogP contribution in [0.1, 0.15) is 25.7 Å². The van der Waals surface area contributed by atoms with E-state index < -0.39 is 0 Å². The third kappa shape index (κ3) is 3.23. The zero-order valence-corrected chi connectivity index (χ0v) is 8.19. The number of carbonyl (C=O) groups is 1. The van der Waals surface area contributed by atoms with Gasteiger partial charge >= 0.3 is 0 Å². The molecule has 1 atom stereocenters. The molecule has 1 fully saturated rings. The number of amides is 1. The van der Waals surface area contributed by atoms with Gasteiger partial charge < -0.3 is 5.32 Å². The lowest BCUT2D eigenvalue weighted by atomic mass is 9.98. The second-order valence-corrected chi connectivity index (χ2v) is 3.81. The molecule has 0 aromatic carbocycles. The highest BCUT2D eigenvalue weighted by Crippen LogP contribution is 2.18. The van der Waals surface area contributed by atoms with Gasteiger partial charge in [-0.25, -0.2) is 0 Å². The molecule has 1 rings (SSSR count). The van der Waals surface area contributed by atoms with Crippen LogP contribution < -0.4 is 5.32 Å². The first-order valence-corrected chi connectivity index (χ1v) is 5.27. The van der Waals surface area contributed by atoms with Gasteiger partial charge in [0.05, 0.1) is 0 Å². The number of halogens is 1. The maximum Gasteiger partial charge on any atom is 0.220 e. The summed E-state index contributed by atoms with van der Waals surface area (Å²) >= 11 is 3.42. The van der Waals surface area contributed by atoms with Crippen molar-refractivity contribution < 1.29 is 4.79 Å². The molecular weight excluding hydrogens is 206 g/mol. The fourth-order valence-electron chi connectivity index (χ4n) is 1.43. The molecule has 0 aliphatic carbocycles. The summed E-state index contributed by atoms with van der Waals surface area (Å²) in [6.07, 6.45) is 4.14. The second kappa shape index (κ2) is 4.75. The van der Waals surface area contributed by atoms with Gasteiger partial charge in [0.2, 0.25) is 5.91 Å². The van der Waals surface area contributed by atoms with E-state index in [1.165, 1.54) is 6.42 Å². The molecular formula is C8H14BrNO. The molecule has 0 unspecified atom stereocenters. The molecule has 0 aromatic heterocycles. The Morgan fingerprint density at radius 1 is 1.55 bits per heavy atom. The van der Waals surface area contributed by atoms with Crippen molar-refractivity contribution in [1.29, 1.82) is 0 Å². The van der Waals surface area contributed by atoms with Crippen LogP contribution in [-0.2, 0) is 4.79 Å². The summed E-state index contributed by atoms with van der Waals surface area (Å²) in [6, 6.07) is 0. The number of carbonyl (C=O) groups excluding carboxylic acids is 1. The van der Waals surface area contributed by atoms with Crippen molar-refractivity contribution in [2.24, 2.45) is 5.92 Å². The first kappa shape index (κ1) is 9.04. The molecule has 1 N–H and O–H groups in total. The number of alkyl halides is 1. The molecule has 0 radical (unpaired) electrons. The van der Waals surface area contributed by atoms with Crippen LogP contribution in [0, 0.1) is 5.92 Å². The van der Waals surface area contributed by atoms with Crippen LogP contribution in [0.5, 0.6) is 0 Å². The monoisotopic (exact) mass is 219 g/mol. The first-order valence-electron chi connectivity index (χ1n) is 4.15. The summed E-state index contributed by atoms with van der Waals surface area (Å²) < 4.78 is 0. The van der Waals surface area contributed by atoms with Gasteiger partial charge in [-0.1, -0.05) is 15.9 Å². The van der Waals surface area contributed by atoms with E-state index >= 15 is 0 Å². The Morgan fingerprint density at radius 2 is 2.36 bits per heavy atom. The smallest absolute Gasteiger partial charge is 0.220 e. The minimum atomic E-state index is 0.224. The molecule has 1 aliphatic heterocycles. The molecule has 0 saturated carbocycles. The van der Waals surface area contributed by atoms with E-state index in [9.17, 15) is 4.79 Å². The van der Waals surface area contributed by atoms with Crippen molar-refractivity contribution in [1.82, 2.24) is 5.32 Å². The Bertz CT molecular complexity index is 138. The number of hydrogen-bond acceptors (Lipinski definition) is 1. The number of nitrogens with one attached hydrogen (secondary N) is 1. The lowest BCUT2D eigenvalue weighted by Crippen LogP contribution is -2.21. The van der Waals surface area contributed by atoms with Crippen molar-refractivity contribution in [2.75, 3.05) is 11.9 Å². The van der Waals surface area contributed by atoms with Gasteiger partial charge in [-0.3, -0.25) is 4.79 Å². The molecule has 0 aromatic rings. The Labute approximate surface area is 75.9 Å². The van der Waals surface area contributed by atoms with Crippen molar-refractivity contribution in [2.45, 2.75) is 25.7 Å². The molecule has 0 spiro atoms. The summed E-state index contributed by atoms with van der Waals surface area (Å²) in [5, 5.41) is 3.94. The van der Waals surface area contributed by atoms with Gasteiger partial charge in [-0.05, 0) is 25.2 Å². The quantitative estimate of drug-likeness (QED) is 0.705. The van der Waals surface area contributed by atoms with E-state index in [4.69, 9.17) is 0 Å². The highest BCUT2D eigenvalue weighted by molar-refractivity contribution is 9.09. The molecule has 1 aliphatic rings. The second-order valence-electron chi connectivity index (χ2n) is 3.02. The van der Waals surface area contributed by atoms with Crippen LogP contribution in [0.3, 0.4) is 0 Å². The molecule has 0 bridgehead atoms. The lowest BCUT2D eigenvalue weighted by Gasteiger charge is -2.09. The topological polar surface area (TPSA) is 29.1 Å². The van der Waals surface area contributed by atoms with Gasteiger partial charge in [0.25, 0.3) is 0 Å².